The van der Waals surface area contributed by atoms with Gasteiger partial charge in [-0.25, -0.2) is 9.78 Å². The van der Waals surface area contributed by atoms with Crippen LogP contribution in [0.1, 0.15) is 23.0 Å². The summed E-state index contributed by atoms with van der Waals surface area (Å²) in [6.45, 7) is 7.11. The van der Waals surface area contributed by atoms with E-state index in [4.69, 9.17) is 20.8 Å². The van der Waals surface area contributed by atoms with Crippen molar-refractivity contribution in [3.8, 4) is 0 Å². The van der Waals surface area contributed by atoms with Gasteiger partial charge in [-0.2, -0.15) is 0 Å². The molecule has 2 heterocycles. The molecule has 0 N–H and O–H groups in total. The van der Waals surface area contributed by atoms with E-state index >= 15 is 0 Å². The number of aromatic nitrogens is 2. The Balaban J connectivity index is 2.69. The minimum Gasteiger partial charge on any atom is -0.462 e. The molecule has 7 heteroatoms. The normalized spacial score (nSPS) is 10.8. The molecule has 0 unspecified atom stereocenters. The van der Waals surface area contributed by atoms with E-state index in [-0.39, 0.29) is 34.8 Å². The zero-order valence-corrected chi connectivity index (χ0v) is 11.9. The monoisotopic (exact) mass is 296 g/mol. The average molecular weight is 297 g/mol. The van der Waals surface area contributed by atoms with Crippen molar-refractivity contribution < 1.29 is 13.9 Å². The van der Waals surface area contributed by atoms with E-state index in [1.54, 1.807) is 13.8 Å². The van der Waals surface area contributed by atoms with E-state index in [0.717, 1.165) is 0 Å². The number of fused-ring (bicyclic) bond motifs is 1. The molecule has 0 saturated carbocycles. The zero-order chi connectivity index (χ0) is 14.9. The molecule has 2 aromatic rings. The molecule has 2 aromatic heterocycles. The van der Waals surface area contributed by atoms with E-state index in [0.29, 0.717) is 5.76 Å². The molecular weight excluding hydrogens is 284 g/mol. The van der Waals surface area contributed by atoms with Gasteiger partial charge in [0.25, 0.3) is 5.56 Å². The molecule has 0 fully saturated rings. The Morgan fingerprint density at radius 1 is 1.60 bits per heavy atom. The SMILES string of the molecule is C=C(Cl)Cn1cnc2oc(C)c(C(=O)OCC)c2c1=O. The highest BCUT2D eigenvalue weighted by molar-refractivity contribution is 6.29. The first-order valence-corrected chi connectivity index (χ1v) is 6.32. The van der Waals surface area contributed by atoms with Gasteiger partial charge in [-0.15, -0.1) is 0 Å². The van der Waals surface area contributed by atoms with Gasteiger partial charge in [-0.3, -0.25) is 9.36 Å². The maximum atomic E-state index is 12.4. The molecule has 0 radical (unpaired) electrons. The van der Waals surface area contributed by atoms with Crippen molar-refractivity contribution >= 4 is 28.7 Å². The number of aryl methyl sites for hydroxylation is 1. The lowest BCUT2D eigenvalue weighted by molar-refractivity contribution is 0.0526. The number of carbonyl (C=O) groups excluding carboxylic acids is 1. The Bertz CT molecular complexity index is 745. The van der Waals surface area contributed by atoms with Crippen LogP contribution >= 0.6 is 11.6 Å². The van der Waals surface area contributed by atoms with Gasteiger partial charge in [0.2, 0.25) is 5.71 Å². The first-order valence-electron chi connectivity index (χ1n) is 5.94. The van der Waals surface area contributed by atoms with Crippen LogP contribution in [0, 0.1) is 6.92 Å². The topological polar surface area (TPSA) is 74.3 Å². The van der Waals surface area contributed by atoms with E-state index in [2.05, 4.69) is 11.6 Å². The molecule has 0 amide bonds. The first-order chi connectivity index (χ1) is 9.45. The predicted molar refractivity (Wildman–Crippen MR) is 74.0 cm³/mol. The second kappa shape index (κ2) is 5.50. The van der Waals surface area contributed by atoms with Gasteiger partial charge >= 0.3 is 5.97 Å². The van der Waals surface area contributed by atoms with Crippen molar-refractivity contribution in [1.29, 1.82) is 0 Å². The van der Waals surface area contributed by atoms with E-state index < -0.39 is 11.5 Å². The Morgan fingerprint density at radius 3 is 2.90 bits per heavy atom. The van der Waals surface area contributed by atoms with Crippen molar-refractivity contribution in [3.63, 3.8) is 0 Å². The minimum absolute atomic E-state index is 0.0985. The second-order valence-electron chi connectivity index (χ2n) is 4.13. The fourth-order valence-corrected chi connectivity index (χ4v) is 2.01. The molecule has 0 spiro atoms. The van der Waals surface area contributed by atoms with E-state index in [1.165, 1.54) is 10.9 Å². The summed E-state index contributed by atoms with van der Waals surface area (Å²) >= 11 is 5.70. The summed E-state index contributed by atoms with van der Waals surface area (Å²) in [7, 11) is 0. The largest absolute Gasteiger partial charge is 0.462 e. The highest BCUT2D eigenvalue weighted by Crippen LogP contribution is 2.21. The highest BCUT2D eigenvalue weighted by Gasteiger charge is 2.23. The van der Waals surface area contributed by atoms with E-state index in [1.807, 2.05) is 0 Å². The molecule has 0 aliphatic carbocycles. The summed E-state index contributed by atoms with van der Waals surface area (Å²) in [5.41, 5.74) is -0.211. The third-order valence-corrected chi connectivity index (χ3v) is 2.80. The maximum Gasteiger partial charge on any atom is 0.342 e. The first kappa shape index (κ1) is 14.3. The summed E-state index contributed by atoms with van der Waals surface area (Å²) in [5.74, 6) is -0.310. The zero-order valence-electron chi connectivity index (χ0n) is 11.1. The molecule has 0 bridgehead atoms. The van der Waals surface area contributed by atoms with Crippen LogP contribution in [0.2, 0.25) is 0 Å². The molecular formula is C13H13ClN2O4. The Kier molecular flexibility index (Phi) is 3.94. The molecule has 0 aliphatic rings. The van der Waals surface area contributed by atoms with Crippen LogP contribution in [0.5, 0.6) is 0 Å². The summed E-state index contributed by atoms with van der Waals surface area (Å²) in [5, 5.41) is 0.382. The third kappa shape index (κ3) is 2.46. The summed E-state index contributed by atoms with van der Waals surface area (Å²) < 4.78 is 11.5. The van der Waals surface area contributed by atoms with Crippen molar-refractivity contribution in [2.45, 2.75) is 20.4 Å². The van der Waals surface area contributed by atoms with Crippen LogP contribution in [-0.2, 0) is 11.3 Å². The van der Waals surface area contributed by atoms with Crippen LogP contribution in [0.4, 0.5) is 0 Å². The Labute approximate surface area is 119 Å². The average Bonchev–Trinajstić information content (AvgIpc) is 2.70. The maximum absolute atomic E-state index is 12.4. The molecule has 20 heavy (non-hydrogen) atoms. The van der Waals surface area contributed by atoms with Crippen LogP contribution in [0.25, 0.3) is 11.1 Å². The number of nitrogens with zero attached hydrogens (tertiary/aromatic N) is 2. The number of carbonyl (C=O) groups is 1. The number of allylic oxidation sites excluding steroid dienone is 1. The Hall–Kier alpha value is -2.08. The minimum atomic E-state index is -0.606. The molecule has 0 aliphatic heterocycles. The van der Waals surface area contributed by atoms with Gasteiger partial charge in [0, 0.05) is 5.03 Å². The van der Waals surface area contributed by atoms with Crippen LogP contribution in [0.3, 0.4) is 0 Å². The standard InChI is InChI=1S/C13H13ClN2O4/c1-4-19-13(18)9-8(3)20-11-10(9)12(17)16(6-15-11)5-7(2)14/h6H,2,4-5H2,1,3H3. The number of rotatable bonds is 4. The van der Waals surface area contributed by atoms with Gasteiger partial charge in [0.05, 0.1) is 13.2 Å². The van der Waals surface area contributed by atoms with Gasteiger partial charge in [0.1, 0.15) is 23.0 Å². The summed E-state index contributed by atoms with van der Waals surface area (Å²) in [6, 6.07) is 0. The van der Waals surface area contributed by atoms with Gasteiger partial charge < -0.3 is 9.15 Å². The molecule has 0 atom stereocenters. The number of hydrogen-bond acceptors (Lipinski definition) is 5. The van der Waals surface area contributed by atoms with Crippen LogP contribution in [-0.4, -0.2) is 22.1 Å². The fourth-order valence-electron chi connectivity index (χ4n) is 1.88. The fraction of sp³-hybridized carbons (Fsp3) is 0.308. The molecule has 0 saturated heterocycles. The number of furan rings is 1. The Morgan fingerprint density at radius 2 is 2.30 bits per heavy atom. The van der Waals surface area contributed by atoms with Crippen molar-refractivity contribution in [1.82, 2.24) is 9.55 Å². The smallest absolute Gasteiger partial charge is 0.342 e. The molecule has 106 valence electrons. The van der Waals surface area contributed by atoms with Crippen molar-refractivity contribution in [2.75, 3.05) is 6.61 Å². The number of hydrogen-bond donors (Lipinski definition) is 0. The third-order valence-electron chi connectivity index (χ3n) is 2.68. The lowest BCUT2D eigenvalue weighted by atomic mass is 10.2. The van der Waals surface area contributed by atoms with E-state index in [9.17, 15) is 9.59 Å². The second-order valence-corrected chi connectivity index (χ2v) is 4.66. The van der Waals surface area contributed by atoms with Gasteiger partial charge in [-0.05, 0) is 13.8 Å². The lowest BCUT2D eigenvalue weighted by Crippen LogP contribution is -2.22. The molecule has 0 aromatic carbocycles. The van der Waals surface area contributed by atoms with Crippen molar-refractivity contribution in [2.24, 2.45) is 0 Å². The van der Waals surface area contributed by atoms with Crippen LogP contribution < -0.4 is 5.56 Å². The lowest BCUT2D eigenvalue weighted by Gasteiger charge is -2.03. The summed E-state index contributed by atoms with van der Waals surface area (Å²) in [6.07, 6.45) is 1.30. The van der Waals surface area contributed by atoms with Gasteiger partial charge in [-0.1, -0.05) is 18.2 Å². The van der Waals surface area contributed by atoms with Gasteiger partial charge in [0.15, 0.2) is 0 Å². The predicted octanol–water partition coefficient (Wildman–Crippen LogP) is 2.23. The van der Waals surface area contributed by atoms with Crippen LogP contribution in [0.15, 0.2) is 27.2 Å². The quantitative estimate of drug-likeness (QED) is 0.809. The highest BCUT2D eigenvalue weighted by atomic mass is 35.5. The molecule has 6 nitrogen and oxygen atoms in total. The number of halogens is 1. The van der Waals surface area contributed by atoms with Crippen molar-refractivity contribution in [3.05, 3.63) is 39.6 Å². The molecule has 2 rings (SSSR count). The number of esters is 1. The number of ether oxygens (including phenoxy) is 1. The summed E-state index contributed by atoms with van der Waals surface area (Å²) in [4.78, 5) is 28.3.